The monoisotopic (exact) mass is 298 g/mol. The summed E-state index contributed by atoms with van der Waals surface area (Å²) in [7, 11) is 0. The molecule has 1 unspecified atom stereocenters. The van der Waals surface area contributed by atoms with Crippen LogP contribution < -0.4 is 5.56 Å². The number of benzene rings is 1. The van der Waals surface area contributed by atoms with Gasteiger partial charge in [0.1, 0.15) is 5.56 Å². The zero-order chi connectivity index (χ0) is 16.0. The van der Waals surface area contributed by atoms with Gasteiger partial charge in [0.25, 0.3) is 5.56 Å². The summed E-state index contributed by atoms with van der Waals surface area (Å²) in [6.07, 6.45) is 3.76. The van der Waals surface area contributed by atoms with Gasteiger partial charge in [-0.1, -0.05) is 6.92 Å². The highest BCUT2D eigenvalue weighted by Crippen LogP contribution is 2.38. The molecule has 1 N–H and O–H groups in total. The second kappa shape index (κ2) is 5.27. The standard InChI is InChI=1S/C18H22N2O2/c1-5-20-18(22)15(9-19-20)17(21)14-8-11(3)13-7-6-10(2)16(13)12(14)4/h8-10,19H,5-7H2,1-4H3. The highest BCUT2D eigenvalue weighted by Gasteiger charge is 2.27. The first-order valence-electron chi connectivity index (χ1n) is 7.91. The van der Waals surface area contributed by atoms with Gasteiger partial charge in [0, 0.05) is 18.3 Å². The van der Waals surface area contributed by atoms with Crippen LogP contribution in [0.25, 0.3) is 0 Å². The van der Waals surface area contributed by atoms with E-state index in [-0.39, 0.29) is 16.9 Å². The summed E-state index contributed by atoms with van der Waals surface area (Å²) < 4.78 is 1.45. The van der Waals surface area contributed by atoms with E-state index in [0.29, 0.717) is 18.0 Å². The first kappa shape index (κ1) is 14.8. The number of rotatable bonds is 3. The molecule has 1 aromatic heterocycles. The van der Waals surface area contributed by atoms with Gasteiger partial charge in [-0.2, -0.15) is 0 Å². The Balaban J connectivity index is 2.15. The summed E-state index contributed by atoms with van der Waals surface area (Å²) in [5.41, 5.74) is 5.58. The van der Waals surface area contributed by atoms with Crippen LogP contribution in [0.3, 0.4) is 0 Å². The number of nitrogens with zero attached hydrogens (tertiary/aromatic N) is 1. The second-order valence-electron chi connectivity index (χ2n) is 6.26. The molecule has 0 bridgehead atoms. The Labute approximate surface area is 130 Å². The van der Waals surface area contributed by atoms with Gasteiger partial charge in [-0.25, -0.2) is 0 Å². The van der Waals surface area contributed by atoms with Crippen molar-refractivity contribution in [2.75, 3.05) is 0 Å². The average molecular weight is 298 g/mol. The molecule has 1 aliphatic carbocycles. The number of H-pyrrole nitrogens is 1. The molecule has 0 saturated carbocycles. The number of fused-ring (bicyclic) bond motifs is 1. The number of hydrogen-bond acceptors (Lipinski definition) is 2. The number of carbonyl (C=O) groups excluding carboxylic acids is 1. The molecule has 0 radical (unpaired) electrons. The minimum Gasteiger partial charge on any atom is -0.302 e. The van der Waals surface area contributed by atoms with Gasteiger partial charge in [-0.05, 0) is 67.9 Å². The van der Waals surface area contributed by atoms with Gasteiger partial charge in [0.2, 0.25) is 0 Å². The van der Waals surface area contributed by atoms with E-state index in [9.17, 15) is 9.59 Å². The summed E-state index contributed by atoms with van der Waals surface area (Å²) in [5.74, 6) is 0.316. The third-order valence-electron chi connectivity index (χ3n) is 4.94. The first-order valence-corrected chi connectivity index (χ1v) is 7.91. The van der Waals surface area contributed by atoms with Crippen LogP contribution in [-0.2, 0) is 13.0 Å². The zero-order valence-corrected chi connectivity index (χ0v) is 13.6. The Morgan fingerprint density at radius 1 is 1.36 bits per heavy atom. The van der Waals surface area contributed by atoms with Crippen molar-refractivity contribution in [1.82, 2.24) is 9.78 Å². The van der Waals surface area contributed by atoms with Crippen LogP contribution in [0.5, 0.6) is 0 Å². The predicted molar refractivity (Wildman–Crippen MR) is 86.8 cm³/mol. The van der Waals surface area contributed by atoms with Crippen molar-refractivity contribution >= 4 is 5.78 Å². The van der Waals surface area contributed by atoms with Crippen LogP contribution in [0.4, 0.5) is 0 Å². The van der Waals surface area contributed by atoms with E-state index in [1.54, 1.807) is 0 Å². The van der Waals surface area contributed by atoms with Gasteiger partial charge in [-0.3, -0.25) is 14.3 Å². The molecular weight excluding hydrogens is 276 g/mol. The molecule has 0 aliphatic heterocycles. The summed E-state index contributed by atoms with van der Waals surface area (Å²) in [6.45, 7) is 8.70. The lowest BCUT2D eigenvalue weighted by molar-refractivity contribution is 0.103. The van der Waals surface area contributed by atoms with Gasteiger partial charge >= 0.3 is 0 Å². The van der Waals surface area contributed by atoms with E-state index >= 15 is 0 Å². The second-order valence-corrected chi connectivity index (χ2v) is 6.26. The van der Waals surface area contributed by atoms with E-state index < -0.39 is 0 Å². The number of nitrogens with one attached hydrogen (secondary N) is 1. The number of carbonyl (C=O) groups is 1. The molecule has 4 nitrogen and oxygen atoms in total. The lowest BCUT2D eigenvalue weighted by Gasteiger charge is -2.15. The van der Waals surface area contributed by atoms with E-state index in [1.807, 2.05) is 19.9 Å². The Hall–Kier alpha value is -2.10. The number of hydrogen-bond donors (Lipinski definition) is 1. The van der Waals surface area contributed by atoms with E-state index in [1.165, 1.54) is 27.6 Å². The Kier molecular flexibility index (Phi) is 3.55. The molecule has 4 heteroatoms. The molecule has 0 amide bonds. The fourth-order valence-corrected chi connectivity index (χ4v) is 3.69. The molecule has 3 rings (SSSR count). The van der Waals surface area contributed by atoms with Gasteiger partial charge < -0.3 is 5.10 Å². The van der Waals surface area contributed by atoms with Crippen LogP contribution in [0.1, 0.15) is 64.4 Å². The fraction of sp³-hybridized carbons (Fsp3) is 0.444. The fourth-order valence-electron chi connectivity index (χ4n) is 3.69. The SMILES string of the molecule is CCn1[nH]cc(C(=O)c2cc(C)c3c(c2C)C(C)CC3)c1=O. The molecule has 1 aromatic carbocycles. The summed E-state index contributed by atoms with van der Waals surface area (Å²) in [6, 6.07) is 1.96. The molecule has 1 aliphatic rings. The summed E-state index contributed by atoms with van der Waals surface area (Å²) in [4.78, 5) is 25.1. The number of aromatic amines is 1. The first-order chi connectivity index (χ1) is 10.5. The van der Waals surface area contributed by atoms with Crippen LogP contribution >= 0.6 is 0 Å². The van der Waals surface area contributed by atoms with Crippen molar-refractivity contribution < 1.29 is 4.79 Å². The maximum atomic E-state index is 12.8. The summed E-state index contributed by atoms with van der Waals surface area (Å²) >= 11 is 0. The van der Waals surface area contributed by atoms with Crippen molar-refractivity contribution in [1.29, 1.82) is 0 Å². The van der Waals surface area contributed by atoms with Crippen molar-refractivity contribution in [3.05, 3.63) is 56.0 Å². The zero-order valence-electron chi connectivity index (χ0n) is 13.6. The maximum Gasteiger partial charge on any atom is 0.277 e. The highest BCUT2D eigenvalue weighted by atomic mass is 16.2. The minimum absolute atomic E-state index is 0.170. The van der Waals surface area contributed by atoms with Gasteiger partial charge in [-0.15, -0.1) is 0 Å². The predicted octanol–water partition coefficient (Wildman–Crippen LogP) is 3.09. The topological polar surface area (TPSA) is 54.9 Å². The molecule has 116 valence electrons. The smallest absolute Gasteiger partial charge is 0.277 e. The van der Waals surface area contributed by atoms with Crippen LogP contribution in [-0.4, -0.2) is 15.6 Å². The number of aryl methyl sites for hydroxylation is 2. The van der Waals surface area contributed by atoms with Crippen LogP contribution in [0.2, 0.25) is 0 Å². The molecule has 1 atom stereocenters. The van der Waals surface area contributed by atoms with Crippen molar-refractivity contribution in [3.63, 3.8) is 0 Å². The normalized spacial score (nSPS) is 16.8. The lowest BCUT2D eigenvalue weighted by Crippen LogP contribution is -2.22. The Morgan fingerprint density at radius 2 is 2.09 bits per heavy atom. The number of aromatic nitrogens is 2. The van der Waals surface area contributed by atoms with E-state index in [4.69, 9.17) is 0 Å². The van der Waals surface area contributed by atoms with E-state index in [2.05, 4.69) is 18.9 Å². The van der Waals surface area contributed by atoms with Crippen LogP contribution in [0, 0.1) is 13.8 Å². The van der Waals surface area contributed by atoms with E-state index in [0.717, 1.165) is 18.4 Å². The lowest BCUT2D eigenvalue weighted by atomic mass is 9.88. The highest BCUT2D eigenvalue weighted by molar-refractivity contribution is 6.10. The average Bonchev–Trinajstić information content (AvgIpc) is 3.06. The molecule has 0 spiro atoms. The molecule has 0 fully saturated rings. The third-order valence-corrected chi connectivity index (χ3v) is 4.94. The third kappa shape index (κ3) is 2.05. The van der Waals surface area contributed by atoms with Crippen LogP contribution in [0.15, 0.2) is 17.1 Å². The molecule has 22 heavy (non-hydrogen) atoms. The molecular formula is C18H22N2O2. The Morgan fingerprint density at radius 3 is 2.73 bits per heavy atom. The number of ketones is 1. The molecule has 2 aromatic rings. The van der Waals surface area contributed by atoms with Crippen molar-refractivity contribution in [2.45, 2.75) is 53.0 Å². The Bertz CT molecular complexity index is 811. The molecule has 0 saturated heterocycles. The van der Waals surface area contributed by atoms with Gasteiger partial charge in [0.05, 0.1) is 0 Å². The largest absolute Gasteiger partial charge is 0.302 e. The maximum absolute atomic E-state index is 12.8. The minimum atomic E-state index is -0.238. The quantitative estimate of drug-likeness (QED) is 0.885. The van der Waals surface area contributed by atoms with Crippen molar-refractivity contribution in [2.24, 2.45) is 0 Å². The molecule has 1 heterocycles. The van der Waals surface area contributed by atoms with Gasteiger partial charge in [0.15, 0.2) is 5.78 Å². The summed E-state index contributed by atoms with van der Waals surface area (Å²) in [5, 5.41) is 2.85. The van der Waals surface area contributed by atoms with Crippen molar-refractivity contribution in [3.8, 4) is 0 Å².